The number of phosphoric ester groups is 1. The second-order valence-corrected chi connectivity index (χ2v) is 24.5. The van der Waals surface area contributed by atoms with Crippen molar-refractivity contribution in [1.82, 2.24) is 5.32 Å². The van der Waals surface area contributed by atoms with Crippen LogP contribution in [0.5, 0.6) is 0 Å². The third-order valence-electron chi connectivity index (χ3n) is 14.7. The highest BCUT2D eigenvalue weighted by molar-refractivity contribution is 7.45. The van der Waals surface area contributed by atoms with Gasteiger partial charge >= 0.3 is 0 Å². The predicted octanol–water partition coefficient (Wildman–Crippen LogP) is 18.9. The third-order valence-corrected chi connectivity index (χ3v) is 15.6. The molecule has 0 spiro atoms. The van der Waals surface area contributed by atoms with Crippen LogP contribution < -0.4 is 10.2 Å². The van der Waals surface area contributed by atoms with Crippen molar-refractivity contribution in [2.45, 2.75) is 334 Å². The number of amides is 1. The first-order valence-corrected chi connectivity index (χ1v) is 33.2. The zero-order valence-corrected chi connectivity index (χ0v) is 49.8. The summed E-state index contributed by atoms with van der Waals surface area (Å²) in [6.07, 6.45) is 70.2. The Morgan fingerprint density at radius 3 is 1.08 bits per heavy atom. The lowest BCUT2D eigenvalue weighted by atomic mass is 10.0. The fraction of sp³-hybridized carbons (Fsp3) is 0.921. The largest absolute Gasteiger partial charge is 0.756 e. The van der Waals surface area contributed by atoms with E-state index in [-0.39, 0.29) is 19.1 Å². The Kier molecular flexibility index (Phi) is 54.0. The molecule has 0 bridgehead atoms. The number of quaternary nitrogens is 1. The Balaban J connectivity index is 3.82. The maximum Gasteiger partial charge on any atom is 0.268 e. The number of nitrogens with zero attached hydrogens (tertiary/aromatic N) is 1. The highest BCUT2D eigenvalue weighted by Gasteiger charge is 2.23. The van der Waals surface area contributed by atoms with Gasteiger partial charge in [0.2, 0.25) is 5.91 Å². The molecule has 428 valence electrons. The van der Waals surface area contributed by atoms with Crippen LogP contribution in [0.15, 0.2) is 24.3 Å². The van der Waals surface area contributed by atoms with E-state index in [4.69, 9.17) is 9.05 Å². The van der Waals surface area contributed by atoms with Gasteiger partial charge in [0, 0.05) is 6.42 Å². The smallest absolute Gasteiger partial charge is 0.268 e. The molecule has 0 radical (unpaired) electrons. The number of hydrogen-bond donors (Lipinski definition) is 2. The number of nitrogens with one attached hydrogen (secondary N) is 1. The van der Waals surface area contributed by atoms with Gasteiger partial charge in [0.25, 0.3) is 7.82 Å². The minimum Gasteiger partial charge on any atom is -0.756 e. The van der Waals surface area contributed by atoms with Crippen molar-refractivity contribution >= 4 is 13.7 Å². The van der Waals surface area contributed by atoms with Gasteiger partial charge in [-0.1, -0.05) is 295 Å². The van der Waals surface area contributed by atoms with Gasteiger partial charge < -0.3 is 28.8 Å². The van der Waals surface area contributed by atoms with E-state index in [0.717, 1.165) is 38.5 Å². The molecule has 0 aromatic rings. The quantitative estimate of drug-likeness (QED) is 0.0272. The van der Waals surface area contributed by atoms with E-state index < -0.39 is 20.0 Å². The molecule has 8 nitrogen and oxygen atoms in total. The Morgan fingerprint density at radius 2 is 0.764 bits per heavy atom. The van der Waals surface area contributed by atoms with Gasteiger partial charge in [0.05, 0.1) is 39.9 Å². The van der Waals surface area contributed by atoms with E-state index in [2.05, 4.69) is 31.3 Å². The molecule has 0 heterocycles. The molecule has 0 aliphatic heterocycles. The normalized spacial score (nSPS) is 13.9. The Morgan fingerprint density at radius 1 is 0.472 bits per heavy atom. The van der Waals surface area contributed by atoms with E-state index in [0.29, 0.717) is 17.4 Å². The summed E-state index contributed by atoms with van der Waals surface area (Å²) >= 11 is 0. The molecule has 0 aromatic carbocycles. The molecule has 0 aliphatic rings. The van der Waals surface area contributed by atoms with Gasteiger partial charge in [-0.15, -0.1) is 0 Å². The van der Waals surface area contributed by atoms with Crippen LogP contribution >= 0.6 is 7.82 Å². The Bertz CT molecular complexity index is 1220. The van der Waals surface area contributed by atoms with Crippen LogP contribution in [0.3, 0.4) is 0 Å². The first-order chi connectivity index (χ1) is 35.0. The predicted molar refractivity (Wildman–Crippen MR) is 312 cm³/mol. The summed E-state index contributed by atoms with van der Waals surface area (Å²) < 4.78 is 23.3. The molecule has 3 atom stereocenters. The minimum absolute atomic E-state index is 0.00104. The molecule has 3 unspecified atom stereocenters. The molecule has 72 heavy (non-hydrogen) atoms. The molecular formula is C63H125N2O6P. The van der Waals surface area contributed by atoms with E-state index in [1.165, 1.54) is 263 Å². The van der Waals surface area contributed by atoms with Gasteiger partial charge in [0.1, 0.15) is 13.2 Å². The zero-order valence-electron chi connectivity index (χ0n) is 48.9. The number of unbranched alkanes of at least 4 members (excludes halogenated alkanes) is 44. The summed E-state index contributed by atoms with van der Waals surface area (Å²) in [6.45, 7) is 4.67. The van der Waals surface area contributed by atoms with E-state index in [9.17, 15) is 19.4 Å². The Labute approximate surface area is 449 Å². The number of likely N-dealkylation sites (N-methyl/N-ethyl adjacent to an activating group) is 1. The molecule has 0 saturated heterocycles. The van der Waals surface area contributed by atoms with Gasteiger partial charge in [-0.2, -0.15) is 0 Å². The monoisotopic (exact) mass is 1040 g/mol. The second kappa shape index (κ2) is 54.8. The topological polar surface area (TPSA) is 108 Å². The molecule has 0 aliphatic carbocycles. The van der Waals surface area contributed by atoms with E-state index >= 15 is 0 Å². The number of carbonyl (C=O) groups excluding carboxylic acids is 1. The number of aliphatic hydroxyl groups excluding tert-OH is 1. The fourth-order valence-electron chi connectivity index (χ4n) is 9.68. The van der Waals surface area contributed by atoms with Crippen LogP contribution in [0.25, 0.3) is 0 Å². The van der Waals surface area contributed by atoms with E-state index in [1.54, 1.807) is 6.08 Å². The maximum absolute atomic E-state index is 12.9. The van der Waals surface area contributed by atoms with Crippen molar-refractivity contribution in [3.8, 4) is 0 Å². The highest BCUT2D eigenvalue weighted by Crippen LogP contribution is 2.38. The number of phosphoric acid groups is 1. The molecular weight excluding hydrogens is 912 g/mol. The maximum atomic E-state index is 12.9. The number of hydrogen-bond acceptors (Lipinski definition) is 6. The standard InChI is InChI=1S/C63H125N2O6P/c1-6-8-10-12-14-16-18-19-20-21-22-23-24-25-26-27-28-29-30-31-32-33-34-35-36-37-38-39-40-41-42-43-44-45-47-49-51-53-55-57-63(67)64-61(60-71-72(68,69)70-59-58-65(3,4)5)62(66)56-54-52-50-48-46-17-15-13-11-9-7-2/h31-32,54,56,61-62,66H,6-30,33-53,55,57-60H2,1-5H3,(H-,64,67,68,69)/b32-31-,56-54+. The van der Waals surface area contributed by atoms with Crippen molar-refractivity contribution < 1.29 is 32.9 Å². The van der Waals surface area contributed by atoms with Crippen molar-refractivity contribution in [3.63, 3.8) is 0 Å². The zero-order chi connectivity index (χ0) is 52.7. The van der Waals surface area contributed by atoms with Crippen molar-refractivity contribution in [2.75, 3.05) is 40.9 Å². The number of carbonyl (C=O) groups is 1. The van der Waals surface area contributed by atoms with Crippen molar-refractivity contribution in [2.24, 2.45) is 0 Å². The first-order valence-electron chi connectivity index (χ1n) is 31.7. The van der Waals surface area contributed by atoms with Crippen LogP contribution in [0.4, 0.5) is 0 Å². The first kappa shape index (κ1) is 71.0. The summed E-state index contributed by atoms with van der Waals surface area (Å²) in [5.41, 5.74) is 0. The molecule has 9 heteroatoms. The van der Waals surface area contributed by atoms with Gasteiger partial charge in [-0.3, -0.25) is 9.36 Å². The molecule has 0 rings (SSSR count). The van der Waals surface area contributed by atoms with Crippen LogP contribution in [0.2, 0.25) is 0 Å². The number of allylic oxidation sites excluding steroid dienone is 3. The SMILES string of the molecule is CCCCCCCCCCC/C=C/C(O)C(COP(=O)([O-])OCC[N+](C)(C)C)NC(=O)CCCCCCCCCCCCCCCCCCC/C=C\CCCCCCCCCCCCCCCCCCCC. The van der Waals surface area contributed by atoms with Crippen LogP contribution in [-0.2, 0) is 18.4 Å². The van der Waals surface area contributed by atoms with Gasteiger partial charge in [-0.25, -0.2) is 0 Å². The fourth-order valence-corrected chi connectivity index (χ4v) is 10.4. The van der Waals surface area contributed by atoms with Crippen LogP contribution in [-0.4, -0.2) is 68.5 Å². The van der Waals surface area contributed by atoms with Crippen LogP contribution in [0.1, 0.15) is 322 Å². The number of aliphatic hydroxyl groups is 1. The van der Waals surface area contributed by atoms with Crippen molar-refractivity contribution in [1.29, 1.82) is 0 Å². The molecule has 2 N–H and O–H groups in total. The summed E-state index contributed by atoms with van der Waals surface area (Å²) in [5.74, 6) is -0.194. The second-order valence-electron chi connectivity index (χ2n) is 23.1. The molecule has 0 fully saturated rings. The average Bonchev–Trinajstić information content (AvgIpc) is 3.34. The van der Waals surface area contributed by atoms with Gasteiger partial charge in [0.15, 0.2) is 0 Å². The summed E-state index contributed by atoms with van der Waals surface area (Å²) in [6, 6.07) is -0.883. The van der Waals surface area contributed by atoms with E-state index in [1.807, 2.05) is 27.2 Å². The minimum atomic E-state index is -4.59. The number of rotatable bonds is 59. The third kappa shape index (κ3) is 56.7. The molecule has 1 amide bonds. The molecule has 0 aromatic heterocycles. The lowest BCUT2D eigenvalue weighted by molar-refractivity contribution is -0.870. The summed E-state index contributed by atoms with van der Waals surface area (Å²) in [7, 11) is 1.27. The summed E-state index contributed by atoms with van der Waals surface area (Å²) in [5, 5.41) is 13.8. The highest BCUT2D eigenvalue weighted by atomic mass is 31.2. The van der Waals surface area contributed by atoms with Crippen molar-refractivity contribution in [3.05, 3.63) is 24.3 Å². The Hall–Kier alpha value is -1.02. The lowest BCUT2D eigenvalue weighted by Crippen LogP contribution is -2.45. The van der Waals surface area contributed by atoms with Crippen LogP contribution in [0, 0.1) is 0 Å². The lowest BCUT2D eigenvalue weighted by Gasteiger charge is -2.29. The molecule has 0 saturated carbocycles. The summed E-state index contributed by atoms with van der Waals surface area (Å²) in [4.78, 5) is 25.4. The average molecular weight is 1040 g/mol. The van der Waals surface area contributed by atoms with Gasteiger partial charge in [-0.05, 0) is 44.9 Å².